The van der Waals surface area contributed by atoms with Gasteiger partial charge in [-0.15, -0.1) is 0 Å². The second-order valence-electron chi connectivity index (χ2n) is 2.88. The van der Waals surface area contributed by atoms with Crippen LogP contribution in [0.4, 0.5) is 0 Å². The van der Waals surface area contributed by atoms with Crippen LogP contribution in [-0.2, 0) is 19.1 Å². The normalized spacial score (nSPS) is 30.9. The fourth-order valence-corrected chi connectivity index (χ4v) is 0.866. The lowest BCUT2D eigenvalue weighted by Gasteiger charge is -2.09. The third kappa shape index (κ3) is 3.00. The van der Waals surface area contributed by atoms with Crippen molar-refractivity contribution in [2.45, 2.75) is 18.5 Å². The smallest absolute Gasteiger partial charge is 0.323 e. The van der Waals surface area contributed by atoms with Gasteiger partial charge >= 0.3 is 11.9 Å². The highest BCUT2D eigenvalue weighted by Gasteiger charge is 2.23. The van der Waals surface area contributed by atoms with Crippen LogP contribution < -0.4 is 11.5 Å². The molecule has 0 saturated carbocycles. The van der Waals surface area contributed by atoms with Crippen molar-refractivity contribution in [1.82, 2.24) is 0 Å². The summed E-state index contributed by atoms with van der Waals surface area (Å²) in [4.78, 5) is 21.9. The molecule has 2 unspecified atom stereocenters. The van der Waals surface area contributed by atoms with Gasteiger partial charge in [0, 0.05) is 0 Å². The summed E-state index contributed by atoms with van der Waals surface area (Å²) in [6, 6.07) is -1.42. The maximum absolute atomic E-state index is 11.0. The lowest BCUT2D eigenvalue weighted by molar-refractivity contribution is -0.148. The molecule has 0 bridgehead atoms. The molecule has 0 spiro atoms. The second-order valence-corrected chi connectivity index (χ2v) is 2.88. The summed E-state index contributed by atoms with van der Waals surface area (Å²) in [5.74, 6) is -1.14. The van der Waals surface area contributed by atoms with Gasteiger partial charge in [-0.25, -0.2) is 0 Å². The van der Waals surface area contributed by atoms with E-state index in [0.29, 0.717) is 0 Å². The molecule has 0 aromatic carbocycles. The Morgan fingerprint density at radius 1 is 1.15 bits per heavy atom. The molecule has 1 aliphatic heterocycles. The first-order valence-corrected chi connectivity index (χ1v) is 3.93. The SMILES string of the molecule is NC1COC(=O)CC(N)C(=O)OC1. The number of ether oxygens (including phenoxy) is 2. The van der Waals surface area contributed by atoms with Crippen molar-refractivity contribution in [2.75, 3.05) is 13.2 Å². The summed E-state index contributed by atoms with van der Waals surface area (Å²) < 4.78 is 9.43. The molecule has 2 atom stereocenters. The third-order valence-electron chi connectivity index (χ3n) is 1.59. The molecule has 0 aliphatic carbocycles. The molecule has 1 fully saturated rings. The maximum Gasteiger partial charge on any atom is 0.323 e. The molecule has 4 N–H and O–H groups in total. The number of hydrogen-bond acceptors (Lipinski definition) is 6. The monoisotopic (exact) mass is 188 g/mol. The molecule has 1 heterocycles. The van der Waals surface area contributed by atoms with Gasteiger partial charge in [-0.05, 0) is 0 Å². The first-order chi connectivity index (χ1) is 6.09. The van der Waals surface area contributed by atoms with Gasteiger partial charge in [-0.2, -0.15) is 0 Å². The van der Waals surface area contributed by atoms with E-state index in [-0.39, 0.29) is 19.6 Å². The molecule has 74 valence electrons. The number of carbonyl (C=O) groups is 2. The van der Waals surface area contributed by atoms with Crippen LogP contribution in [0.25, 0.3) is 0 Å². The number of carbonyl (C=O) groups excluding carboxylic acids is 2. The highest BCUT2D eigenvalue weighted by molar-refractivity contribution is 5.82. The van der Waals surface area contributed by atoms with E-state index in [1.165, 1.54) is 0 Å². The summed E-state index contributed by atoms with van der Waals surface area (Å²) in [6.45, 7) is 0.0820. The minimum Gasteiger partial charge on any atom is -0.464 e. The highest BCUT2D eigenvalue weighted by Crippen LogP contribution is 2.00. The van der Waals surface area contributed by atoms with E-state index in [2.05, 4.69) is 0 Å². The zero-order chi connectivity index (χ0) is 9.84. The Morgan fingerprint density at radius 2 is 1.77 bits per heavy atom. The summed E-state index contributed by atoms with van der Waals surface area (Å²) >= 11 is 0. The van der Waals surface area contributed by atoms with Gasteiger partial charge in [-0.1, -0.05) is 0 Å². The van der Waals surface area contributed by atoms with Crippen LogP contribution in [0.1, 0.15) is 6.42 Å². The minimum atomic E-state index is -0.946. The summed E-state index contributed by atoms with van der Waals surface area (Å²) in [5, 5.41) is 0. The van der Waals surface area contributed by atoms with Crippen LogP contribution in [-0.4, -0.2) is 37.2 Å². The molecule has 0 amide bonds. The van der Waals surface area contributed by atoms with Crippen LogP contribution in [0.15, 0.2) is 0 Å². The van der Waals surface area contributed by atoms with Gasteiger partial charge in [0.25, 0.3) is 0 Å². The van der Waals surface area contributed by atoms with Gasteiger partial charge in [0.15, 0.2) is 0 Å². The first-order valence-electron chi connectivity index (χ1n) is 3.93. The Kier molecular flexibility index (Phi) is 3.21. The molecule has 0 radical (unpaired) electrons. The molecular formula is C7H12N2O4. The van der Waals surface area contributed by atoms with E-state index in [1.807, 2.05) is 0 Å². The molecule has 1 rings (SSSR count). The molecular weight excluding hydrogens is 176 g/mol. The standard InChI is InChI=1S/C7H12N2O4/c8-4-2-12-6(10)1-5(9)7(11)13-3-4/h4-5H,1-3,8-9H2. The topological polar surface area (TPSA) is 105 Å². The van der Waals surface area contributed by atoms with Crippen LogP contribution in [0.3, 0.4) is 0 Å². The quantitative estimate of drug-likeness (QED) is 0.431. The average molecular weight is 188 g/mol. The Morgan fingerprint density at radius 3 is 2.46 bits per heavy atom. The van der Waals surface area contributed by atoms with E-state index in [1.54, 1.807) is 0 Å². The van der Waals surface area contributed by atoms with E-state index < -0.39 is 24.0 Å². The zero-order valence-corrected chi connectivity index (χ0v) is 7.06. The van der Waals surface area contributed by atoms with Crippen molar-refractivity contribution in [1.29, 1.82) is 0 Å². The van der Waals surface area contributed by atoms with Crippen LogP contribution >= 0.6 is 0 Å². The van der Waals surface area contributed by atoms with Crippen molar-refractivity contribution >= 4 is 11.9 Å². The van der Waals surface area contributed by atoms with E-state index in [0.717, 1.165) is 0 Å². The van der Waals surface area contributed by atoms with Crippen molar-refractivity contribution in [3.63, 3.8) is 0 Å². The third-order valence-corrected chi connectivity index (χ3v) is 1.59. The molecule has 1 aliphatic rings. The minimum absolute atomic E-state index is 0.0276. The molecule has 1 saturated heterocycles. The lowest BCUT2D eigenvalue weighted by atomic mass is 10.2. The number of rotatable bonds is 0. The zero-order valence-electron chi connectivity index (χ0n) is 7.06. The van der Waals surface area contributed by atoms with Gasteiger partial charge < -0.3 is 20.9 Å². The van der Waals surface area contributed by atoms with Crippen LogP contribution in [0.2, 0.25) is 0 Å². The molecule has 6 nitrogen and oxygen atoms in total. The number of hydrogen-bond donors (Lipinski definition) is 2. The van der Waals surface area contributed by atoms with Gasteiger partial charge in [0.05, 0.1) is 12.5 Å². The van der Waals surface area contributed by atoms with Crippen molar-refractivity contribution in [3.05, 3.63) is 0 Å². The maximum atomic E-state index is 11.0. The van der Waals surface area contributed by atoms with E-state index in [9.17, 15) is 9.59 Å². The number of esters is 2. The Hall–Kier alpha value is -1.14. The summed E-state index contributed by atoms with van der Waals surface area (Å²) in [7, 11) is 0. The molecule has 0 aromatic rings. The van der Waals surface area contributed by atoms with Gasteiger partial charge in [0.1, 0.15) is 19.3 Å². The highest BCUT2D eigenvalue weighted by atomic mass is 16.6. The fourth-order valence-electron chi connectivity index (χ4n) is 0.866. The molecule has 6 heteroatoms. The largest absolute Gasteiger partial charge is 0.464 e. The lowest BCUT2D eigenvalue weighted by Crippen LogP contribution is -2.36. The summed E-state index contributed by atoms with van der Waals surface area (Å²) in [6.07, 6.45) is -0.161. The second kappa shape index (κ2) is 4.20. The van der Waals surface area contributed by atoms with Crippen molar-refractivity contribution in [2.24, 2.45) is 11.5 Å². The predicted octanol–water partition coefficient (Wildman–Crippen LogP) is -1.87. The first kappa shape index (κ1) is 9.94. The molecule has 13 heavy (non-hydrogen) atoms. The fraction of sp³-hybridized carbons (Fsp3) is 0.714. The van der Waals surface area contributed by atoms with Crippen LogP contribution in [0.5, 0.6) is 0 Å². The number of nitrogens with two attached hydrogens (primary N) is 2. The van der Waals surface area contributed by atoms with E-state index in [4.69, 9.17) is 20.9 Å². The Bertz CT molecular complexity index is 219. The van der Waals surface area contributed by atoms with Crippen molar-refractivity contribution in [3.8, 4) is 0 Å². The van der Waals surface area contributed by atoms with Crippen LogP contribution in [0, 0.1) is 0 Å². The number of cyclic esters (lactones) is 2. The average Bonchev–Trinajstić information content (AvgIpc) is 2.13. The Labute approximate surface area is 75.2 Å². The molecule has 0 aromatic heterocycles. The van der Waals surface area contributed by atoms with Gasteiger partial charge in [-0.3, -0.25) is 9.59 Å². The predicted molar refractivity (Wildman–Crippen MR) is 42.5 cm³/mol. The summed E-state index contributed by atoms with van der Waals surface area (Å²) in [5.41, 5.74) is 10.8. The van der Waals surface area contributed by atoms with E-state index >= 15 is 0 Å². The Balaban J connectivity index is 2.59. The van der Waals surface area contributed by atoms with Gasteiger partial charge in [0.2, 0.25) is 0 Å². The van der Waals surface area contributed by atoms with Crippen molar-refractivity contribution < 1.29 is 19.1 Å².